The SMILES string of the molecule is COc1cccc(C(Br)c2ccc(Cl)cc2)c1. The van der Waals surface area contributed by atoms with Crippen LogP contribution in [-0.2, 0) is 0 Å². The number of ether oxygens (including phenoxy) is 1. The van der Waals surface area contributed by atoms with Gasteiger partial charge in [-0.2, -0.15) is 0 Å². The van der Waals surface area contributed by atoms with E-state index in [1.54, 1.807) is 7.11 Å². The Hall–Kier alpha value is -0.990. The molecule has 0 amide bonds. The summed E-state index contributed by atoms with van der Waals surface area (Å²) in [6, 6.07) is 15.8. The first-order chi connectivity index (χ1) is 8.20. The summed E-state index contributed by atoms with van der Waals surface area (Å²) in [6.45, 7) is 0. The minimum absolute atomic E-state index is 0.148. The summed E-state index contributed by atoms with van der Waals surface area (Å²) in [5.74, 6) is 0.862. The van der Waals surface area contributed by atoms with Gasteiger partial charge in [0.1, 0.15) is 5.75 Å². The number of alkyl halides is 1. The van der Waals surface area contributed by atoms with Crippen molar-refractivity contribution in [2.45, 2.75) is 4.83 Å². The molecule has 3 heteroatoms. The van der Waals surface area contributed by atoms with Crippen molar-refractivity contribution < 1.29 is 4.74 Å². The molecule has 88 valence electrons. The molecular weight excluding hydrogens is 300 g/mol. The highest BCUT2D eigenvalue weighted by atomic mass is 79.9. The number of hydrogen-bond acceptors (Lipinski definition) is 1. The van der Waals surface area contributed by atoms with E-state index in [1.165, 1.54) is 5.56 Å². The Morgan fingerprint density at radius 2 is 1.76 bits per heavy atom. The Morgan fingerprint density at radius 3 is 2.41 bits per heavy atom. The van der Waals surface area contributed by atoms with Crippen molar-refractivity contribution >= 4 is 27.5 Å². The molecule has 0 radical (unpaired) electrons. The van der Waals surface area contributed by atoms with E-state index in [4.69, 9.17) is 16.3 Å². The number of rotatable bonds is 3. The molecule has 0 aliphatic carbocycles. The van der Waals surface area contributed by atoms with Crippen LogP contribution in [0.25, 0.3) is 0 Å². The summed E-state index contributed by atoms with van der Waals surface area (Å²) < 4.78 is 5.22. The monoisotopic (exact) mass is 310 g/mol. The summed E-state index contributed by atoms with van der Waals surface area (Å²) >= 11 is 9.56. The van der Waals surface area contributed by atoms with E-state index in [-0.39, 0.29) is 4.83 Å². The molecule has 0 spiro atoms. The zero-order valence-electron chi connectivity index (χ0n) is 9.36. The first kappa shape index (κ1) is 12.5. The highest BCUT2D eigenvalue weighted by molar-refractivity contribution is 9.09. The van der Waals surface area contributed by atoms with Crippen molar-refractivity contribution in [1.29, 1.82) is 0 Å². The van der Waals surface area contributed by atoms with Crippen LogP contribution in [0.1, 0.15) is 16.0 Å². The average Bonchev–Trinajstić information content (AvgIpc) is 2.39. The molecule has 1 nitrogen and oxygen atoms in total. The number of methoxy groups -OCH3 is 1. The van der Waals surface area contributed by atoms with Gasteiger partial charge in [0.2, 0.25) is 0 Å². The second-order valence-corrected chi connectivity index (χ2v) is 5.04. The molecule has 0 fully saturated rings. The highest BCUT2D eigenvalue weighted by Crippen LogP contribution is 2.32. The normalized spacial score (nSPS) is 12.2. The minimum Gasteiger partial charge on any atom is -0.497 e. The van der Waals surface area contributed by atoms with Gasteiger partial charge in [0.05, 0.1) is 11.9 Å². The largest absolute Gasteiger partial charge is 0.497 e. The molecule has 0 aliphatic heterocycles. The Balaban J connectivity index is 2.29. The summed E-state index contributed by atoms with van der Waals surface area (Å²) in [5.41, 5.74) is 2.33. The molecule has 0 N–H and O–H groups in total. The second-order valence-electron chi connectivity index (χ2n) is 3.69. The third-order valence-corrected chi connectivity index (χ3v) is 3.86. The average molecular weight is 312 g/mol. The van der Waals surface area contributed by atoms with Crippen LogP contribution in [0.15, 0.2) is 48.5 Å². The third kappa shape index (κ3) is 3.02. The van der Waals surface area contributed by atoms with Crippen LogP contribution in [0, 0.1) is 0 Å². The lowest BCUT2D eigenvalue weighted by molar-refractivity contribution is 0.414. The molecule has 1 unspecified atom stereocenters. The molecule has 0 aliphatic rings. The molecule has 17 heavy (non-hydrogen) atoms. The molecule has 0 saturated heterocycles. The topological polar surface area (TPSA) is 9.23 Å². The molecule has 0 aromatic heterocycles. The summed E-state index contributed by atoms with van der Waals surface area (Å²) in [5, 5.41) is 0.749. The lowest BCUT2D eigenvalue weighted by Crippen LogP contribution is -1.93. The van der Waals surface area contributed by atoms with Gasteiger partial charge in [-0.3, -0.25) is 0 Å². The standard InChI is InChI=1S/C14H12BrClO/c1-17-13-4-2-3-11(9-13)14(15)10-5-7-12(16)8-6-10/h2-9,14H,1H3. The van der Waals surface area contributed by atoms with Crippen molar-refractivity contribution in [3.63, 3.8) is 0 Å². The Bertz CT molecular complexity index is 496. The number of benzene rings is 2. The summed E-state index contributed by atoms with van der Waals surface area (Å²) in [6.07, 6.45) is 0. The molecule has 0 bridgehead atoms. The van der Waals surface area contributed by atoms with Gasteiger partial charge in [0.15, 0.2) is 0 Å². The van der Waals surface area contributed by atoms with Gasteiger partial charge in [-0.05, 0) is 35.4 Å². The molecular formula is C14H12BrClO. The molecule has 0 heterocycles. The second kappa shape index (κ2) is 5.56. The Labute approximate surface area is 115 Å². The molecule has 2 rings (SSSR count). The first-order valence-electron chi connectivity index (χ1n) is 5.24. The molecule has 2 aromatic rings. The van der Waals surface area contributed by atoms with Crippen molar-refractivity contribution in [3.8, 4) is 5.75 Å². The maximum Gasteiger partial charge on any atom is 0.119 e. The third-order valence-electron chi connectivity index (χ3n) is 2.55. The van der Waals surface area contributed by atoms with Crippen LogP contribution < -0.4 is 4.74 Å². The highest BCUT2D eigenvalue weighted by Gasteiger charge is 2.10. The maximum atomic E-state index is 5.87. The van der Waals surface area contributed by atoms with Gasteiger partial charge in [0, 0.05) is 5.02 Å². The van der Waals surface area contributed by atoms with Gasteiger partial charge in [0.25, 0.3) is 0 Å². The first-order valence-corrected chi connectivity index (χ1v) is 6.53. The van der Waals surface area contributed by atoms with E-state index in [9.17, 15) is 0 Å². The van der Waals surface area contributed by atoms with Crippen LogP contribution in [0.3, 0.4) is 0 Å². The van der Waals surface area contributed by atoms with Crippen molar-refractivity contribution in [2.75, 3.05) is 7.11 Å². The van der Waals surface area contributed by atoms with Gasteiger partial charge >= 0.3 is 0 Å². The molecule has 2 aromatic carbocycles. The van der Waals surface area contributed by atoms with E-state index in [2.05, 4.69) is 22.0 Å². The van der Waals surface area contributed by atoms with Crippen molar-refractivity contribution in [2.24, 2.45) is 0 Å². The van der Waals surface area contributed by atoms with Crippen LogP contribution >= 0.6 is 27.5 Å². The maximum absolute atomic E-state index is 5.87. The van der Waals surface area contributed by atoms with Crippen LogP contribution in [0.5, 0.6) is 5.75 Å². The zero-order valence-corrected chi connectivity index (χ0v) is 11.7. The zero-order chi connectivity index (χ0) is 12.3. The quantitative estimate of drug-likeness (QED) is 0.738. The lowest BCUT2D eigenvalue weighted by atomic mass is 10.0. The number of hydrogen-bond donors (Lipinski definition) is 0. The molecule has 1 atom stereocenters. The van der Waals surface area contributed by atoms with Gasteiger partial charge < -0.3 is 4.74 Å². The predicted molar refractivity (Wildman–Crippen MR) is 75.2 cm³/mol. The van der Waals surface area contributed by atoms with E-state index >= 15 is 0 Å². The number of halogens is 2. The van der Waals surface area contributed by atoms with Gasteiger partial charge in [-0.1, -0.05) is 51.8 Å². The fraction of sp³-hybridized carbons (Fsp3) is 0.143. The van der Waals surface area contributed by atoms with E-state index in [0.717, 1.165) is 16.3 Å². The lowest BCUT2D eigenvalue weighted by Gasteiger charge is -2.12. The van der Waals surface area contributed by atoms with Gasteiger partial charge in [-0.15, -0.1) is 0 Å². The van der Waals surface area contributed by atoms with Crippen molar-refractivity contribution in [3.05, 3.63) is 64.7 Å². The van der Waals surface area contributed by atoms with E-state index in [1.807, 2.05) is 42.5 Å². The fourth-order valence-electron chi connectivity index (χ4n) is 1.62. The van der Waals surface area contributed by atoms with Gasteiger partial charge in [-0.25, -0.2) is 0 Å². The van der Waals surface area contributed by atoms with Crippen LogP contribution in [0.2, 0.25) is 5.02 Å². The summed E-state index contributed by atoms with van der Waals surface area (Å²) in [4.78, 5) is 0.148. The fourth-order valence-corrected chi connectivity index (χ4v) is 2.34. The Kier molecular flexibility index (Phi) is 4.08. The van der Waals surface area contributed by atoms with Crippen LogP contribution in [-0.4, -0.2) is 7.11 Å². The minimum atomic E-state index is 0.148. The summed E-state index contributed by atoms with van der Waals surface area (Å²) in [7, 11) is 1.67. The Morgan fingerprint density at radius 1 is 1.06 bits per heavy atom. The van der Waals surface area contributed by atoms with E-state index in [0.29, 0.717) is 0 Å². The van der Waals surface area contributed by atoms with Crippen molar-refractivity contribution in [1.82, 2.24) is 0 Å². The van der Waals surface area contributed by atoms with E-state index < -0.39 is 0 Å². The molecule has 0 saturated carbocycles. The smallest absolute Gasteiger partial charge is 0.119 e. The van der Waals surface area contributed by atoms with Crippen LogP contribution in [0.4, 0.5) is 0 Å². The predicted octanol–water partition coefficient (Wildman–Crippen LogP) is 4.83.